The van der Waals surface area contributed by atoms with Crippen molar-refractivity contribution in [2.24, 2.45) is 0 Å². The molecule has 1 N–H and O–H groups in total. The molecular formula is C16H10N4. The summed E-state index contributed by atoms with van der Waals surface area (Å²) >= 11 is 0. The molecule has 0 saturated heterocycles. The van der Waals surface area contributed by atoms with Crippen molar-refractivity contribution >= 4 is 0 Å². The zero-order valence-corrected chi connectivity index (χ0v) is 10.6. The monoisotopic (exact) mass is 258 g/mol. The molecule has 3 aromatic rings. The molecule has 4 heteroatoms. The number of nitriles is 1. The van der Waals surface area contributed by atoms with E-state index in [-0.39, 0.29) is 0 Å². The number of rotatable bonds is 1. The van der Waals surface area contributed by atoms with Crippen molar-refractivity contribution in [3.05, 3.63) is 59.3 Å². The summed E-state index contributed by atoms with van der Waals surface area (Å²) < 4.78 is 0. The van der Waals surface area contributed by atoms with Crippen LogP contribution in [0.3, 0.4) is 0 Å². The van der Waals surface area contributed by atoms with Gasteiger partial charge >= 0.3 is 0 Å². The van der Waals surface area contributed by atoms with Crippen LogP contribution in [0, 0.1) is 11.3 Å². The van der Waals surface area contributed by atoms with E-state index < -0.39 is 0 Å². The van der Waals surface area contributed by atoms with E-state index in [1.54, 1.807) is 0 Å². The number of nitrogens with one attached hydrogen (secondary N) is 1. The summed E-state index contributed by atoms with van der Waals surface area (Å²) in [4.78, 5) is 0. The van der Waals surface area contributed by atoms with Gasteiger partial charge in [0.25, 0.3) is 0 Å². The second kappa shape index (κ2) is 4.04. The second-order valence-corrected chi connectivity index (χ2v) is 4.84. The molecule has 0 aliphatic heterocycles. The quantitative estimate of drug-likeness (QED) is 0.571. The highest BCUT2D eigenvalue weighted by molar-refractivity contribution is 5.80. The second-order valence-electron chi connectivity index (χ2n) is 4.84. The Morgan fingerprint density at radius 2 is 1.85 bits per heavy atom. The number of aromatic nitrogens is 3. The summed E-state index contributed by atoms with van der Waals surface area (Å²) in [6.07, 6.45) is 0.930. The van der Waals surface area contributed by atoms with Crippen LogP contribution in [-0.2, 0) is 6.42 Å². The Kier molecular flexibility index (Phi) is 2.21. The fourth-order valence-electron chi connectivity index (χ4n) is 2.80. The first-order chi connectivity index (χ1) is 9.86. The zero-order valence-electron chi connectivity index (χ0n) is 10.6. The molecule has 0 atom stereocenters. The number of hydrogen-bond donors (Lipinski definition) is 1. The first kappa shape index (κ1) is 10.9. The summed E-state index contributed by atoms with van der Waals surface area (Å²) in [6.45, 7) is 0. The Hall–Kier alpha value is -2.93. The van der Waals surface area contributed by atoms with Crippen molar-refractivity contribution in [3.63, 3.8) is 0 Å². The standard InChI is InChI=1S/C16H10N4/c17-9-15-16(19-20-18-15)11-5-6-14-12(8-11)7-10-3-1-2-4-13(10)14/h1-6,8H,7H2,(H,18,19,20). The van der Waals surface area contributed by atoms with Crippen molar-refractivity contribution in [1.29, 1.82) is 5.26 Å². The highest BCUT2D eigenvalue weighted by atomic mass is 15.3. The minimum Gasteiger partial charge on any atom is -0.196 e. The van der Waals surface area contributed by atoms with E-state index in [0.717, 1.165) is 12.0 Å². The largest absolute Gasteiger partial charge is 0.196 e. The van der Waals surface area contributed by atoms with Gasteiger partial charge in [-0.15, -0.1) is 5.10 Å². The Morgan fingerprint density at radius 1 is 1.00 bits per heavy atom. The molecule has 0 fully saturated rings. The molecule has 0 spiro atoms. The van der Waals surface area contributed by atoms with E-state index in [9.17, 15) is 0 Å². The lowest BCUT2D eigenvalue weighted by Crippen LogP contribution is -1.86. The number of fused-ring (bicyclic) bond motifs is 3. The third-order valence-electron chi connectivity index (χ3n) is 3.72. The van der Waals surface area contributed by atoms with Crippen molar-refractivity contribution < 1.29 is 0 Å². The molecule has 4 rings (SSSR count). The van der Waals surface area contributed by atoms with Gasteiger partial charge in [0.2, 0.25) is 0 Å². The lowest BCUT2D eigenvalue weighted by Gasteiger charge is -2.03. The Bertz CT molecular complexity index is 855. The minimum absolute atomic E-state index is 0.334. The predicted octanol–water partition coefficient (Wildman–Crippen LogP) is 2.91. The van der Waals surface area contributed by atoms with Crippen molar-refractivity contribution in [2.75, 3.05) is 0 Å². The first-order valence-corrected chi connectivity index (χ1v) is 6.39. The summed E-state index contributed by atoms with van der Waals surface area (Å²) in [5, 5.41) is 19.5. The first-order valence-electron chi connectivity index (χ1n) is 6.39. The molecule has 0 saturated carbocycles. The number of nitrogens with zero attached hydrogens (tertiary/aromatic N) is 3. The molecule has 94 valence electrons. The van der Waals surface area contributed by atoms with Crippen LogP contribution in [0.2, 0.25) is 0 Å². The molecule has 0 radical (unpaired) electrons. The van der Waals surface area contributed by atoms with Crippen molar-refractivity contribution in [2.45, 2.75) is 6.42 Å². The fourth-order valence-corrected chi connectivity index (χ4v) is 2.80. The predicted molar refractivity (Wildman–Crippen MR) is 74.8 cm³/mol. The molecule has 2 aromatic carbocycles. The average Bonchev–Trinajstić information content (AvgIpc) is 3.10. The third kappa shape index (κ3) is 1.47. The molecule has 0 unspecified atom stereocenters. The minimum atomic E-state index is 0.334. The SMILES string of the molecule is N#Cc1n[nH]nc1-c1ccc2c(c1)Cc1ccccc1-2. The molecule has 4 nitrogen and oxygen atoms in total. The van der Waals surface area contributed by atoms with Crippen LogP contribution in [0.4, 0.5) is 0 Å². The van der Waals surface area contributed by atoms with Crippen molar-refractivity contribution in [1.82, 2.24) is 15.4 Å². The third-order valence-corrected chi connectivity index (χ3v) is 3.72. The van der Waals surface area contributed by atoms with Gasteiger partial charge < -0.3 is 0 Å². The molecular weight excluding hydrogens is 248 g/mol. The highest BCUT2D eigenvalue weighted by Gasteiger charge is 2.19. The van der Waals surface area contributed by atoms with Gasteiger partial charge in [0.15, 0.2) is 5.69 Å². The smallest absolute Gasteiger partial charge is 0.190 e. The van der Waals surface area contributed by atoms with E-state index >= 15 is 0 Å². The van der Waals surface area contributed by atoms with Gasteiger partial charge in [-0.3, -0.25) is 0 Å². The Labute approximate surface area is 115 Å². The Morgan fingerprint density at radius 3 is 2.75 bits per heavy atom. The van der Waals surface area contributed by atoms with E-state index in [1.807, 2.05) is 6.07 Å². The summed E-state index contributed by atoms with van der Waals surface area (Å²) in [6, 6.07) is 16.7. The van der Waals surface area contributed by atoms with Gasteiger partial charge in [-0.2, -0.15) is 15.6 Å². The van der Waals surface area contributed by atoms with E-state index in [4.69, 9.17) is 5.26 Å². The highest BCUT2D eigenvalue weighted by Crippen LogP contribution is 2.38. The lowest BCUT2D eigenvalue weighted by atomic mass is 10.0. The van der Waals surface area contributed by atoms with Crippen LogP contribution in [0.1, 0.15) is 16.8 Å². The van der Waals surface area contributed by atoms with E-state index in [2.05, 4.69) is 57.9 Å². The maximum atomic E-state index is 9.03. The van der Waals surface area contributed by atoms with Crippen LogP contribution in [0.15, 0.2) is 42.5 Å². The maximum absolute atomic E-state index is 9.03. The van der Waals surface area contributed by atoms with E-state index in [1.165, 1.54) is 22.3 Å². The molecule has 1 aliphatic carbocycles. The normalized spacial score (nSPS) is 11.8. The van der Waals surface area contributed by atoms with Crippen molar-refractivity contribution in [3.8, 4) is 28.5 Å². The van der Waals surface area contributed by atoms with Crippen LogP contribution in [0.25, 0.3) is 22.4 Å². The molecule has 1 aliphatic rings. The average molecular weight is 258 g/mol. The molecule has 20 heavy (non-hydrogen) atoms. The van der Waals surface area contributed by atoms with Gasteiger partial charge in [-0.05, 0) is 34.7 Å². The summed E-state index contributed by atoms with van der Waals surface area (Å²) in [7, 11) is 0. The number of aromatic amines is 1. The molecule has 0 amide bonds. The van der Waals surface area contributed by atoms with E-state index in [0.29, 0.717) is 11.4 Å². The number of benzene rings is 2. The van der Waals surface area contributed by atoms with Gasteiger partial charge in [-0.1, -0.05) is 36.4 Å². The Balaban J connectivity index is 1.86. The summed E-state index contributed by atoms with van der Waals surface area (Å²) in [5.41, 5.74) is 7.07. The molecule has 1 aromatic heterocycles. The van der Waals surface area contributed by atoms with Crippen LogP contribution in [0.5, 0.6) is 0 Å². The van der Waals surface area contributed by atoms with Crippen LogP contribution < -0.4 is 0 Å². The number of hydrogen-bond acceptors (Lipinski definition) is 3. The van der Waals surface area contributed by atoms with Crippen LogP contribution >= 0.6 is 0 Å². The topological polar surface area (TPSA) is 65.4 Å². The summed E-state index contributed by atoms with van der Waals surface area (Å²) in [5.74, 6) is 0. The van der Waals surface area contributed by atoms with Gasteiger partial charge in [0.05, 0.1) is 0 Å². The van der Waals surface area contributed by atoms with Gasteiger partial charge in [0, 0.05) is 5.56 Å². The lowest BCUT2D eigenvalue weighted by molar-refractivity contribution is 0.937. The maximum Gasteiger partial charge on any atom is 0.190 e. The molecule has 0 bridgehead atoms. The van der Waals surface area contributed by atoms with Crippen LogP contribution in [-0.4, -0.2) is 15.4 Å². The molecule has 1 heterocycles. The van der Waals surface area contributed by atoms with Gasteiger partial charge in [-0.25, -0.2) is 0 Å². The fraction of sp³-hybridized carbons (Fsp3) is 0.0625. The zero-order chi connectivity index (χ0) is 13.5. The number of H-pyrrole nitrogens is 1. The van der Waals surface area contributed by atoms with Gasteiger partial charge in [0.1, 0.15) is 11.8 Å².